The number of anilines is 1. The zero-order chi connectivity index (χ0) is 12.3. The number of rotatable bonds is 5. The van der Waals surface area contributed by atoms with Crippen LogP contribution < -0.4 is 11.1 Å². The maximum atomic E-state index is 10.5. The summed E-state index contributed by atoms with van der Waals surface area (Å²) in [7, 11) is 0. The Bertz CT molecular complexity index is 524. The lowest BCUT2D eigenvalue weighted by Gasteiger charge is -2.10. The lowest BCUT2D eigenvalue weighted by molar-refractivity contribution is -0.137. The van der Waals surface area contributed by atoms with Crippen LogP contribution in [0.25, 0.3) is 10.1 Å². The average Bonchev–Trinajstić information content (AvgIpc) is 2.69. The number of carbonyl (C=O) groups is 1. The second-order valence-electron chi connectivity index (χ2n) is 3.88. The Kier molecular flexibility index (Phi) is 3.61. The first-order valence-corrected chi connectivity index (χ1v) is 6.22. The third kappa shape index (κ3) is 2.95. The minimum absolute atomic E-state index is 0.0188. The van der Waals surface area contributed by atoms with E-state index in [0.717, 1.165) is 11.1 Å². The molecule has 4 nitrogen and oxygen atoms in total. The molecule has 2 rings (SSSR count). The minimum atomic E-state index is -0.866. The van der Waals surface area contributed by atoms with E-state index in [1.165, 1.54) is 4.70 Å². The summed E-state index contributed by atoms with van der Waals surface area (Å²) < 4.78 is 1.21. The van der Waals surface area contributed by atoms with Crippen molar-refractivity contribution in [2.45, 2.75) is 12.5 Å². The zero-order valence-corrected chi connectivity index (χ0v) is 10.0. The fourth-order valence-electron chi connectivity index (χ4n) is 1.65. The fourth-order valence-corrected chi connectivity index (χ4v) is 2.57. The number of nitrogens with one attached hydrogen (secondary N) is 1. The second kappa shape index (κ2) is 5.16. The smallest absolute Gasteiger partial charge is 0.304 e. The van der Waals surface area contributed by atoms with Crippen LogP contribution in [0.1, 0.15) is 6.42 Å². The lowest BCUT2D eigenvalue weighted by atomic mass is 10.2. The van der Waals surface area contributed by atoms with E-state index in [9.17, 15) is 4.79 Å². The molecule has 1 aromatic heterocycles. The summed E-state index contributed by atoms with van der Waals surface area (Å²) in [5.74, 6) is -0.866. The molecule has 0 aliphatic heterocycles. The Balaban J connectivity index is 2.02. The second-order valence-corrected chi connectivity index (χ2v) is 4.80. The summed E-state index contributed by atoms with van der Waals surface area (Å²) >= 11 is 1.66. The van der Waals surface area contributed by atoms with Crippen LogP contribution in [0.15, 0.2) is 29.6 Å². The minimum Gasteiger partial charge on any atom is -0.481 e. The van der Waals surface area contributed by atoms with Crippen LogP contribution in [-0.2, 0) is 4.79 Å². The lowest BCUT2D eigenvalue weighted by Crippen LogP contribution is -2.31. The Morgan fingerprint density at radius 2 is 2.24 bits per heavy atom. The first-order chi connectivity index (χ1) is 8.16. The summed E-state index contributed by atoms with van der Waals surface area (Å²) in [5.41, 5.74) is 6.72. The summed E-state index contributed by atoms with van der Waals surface area (Å²) in [6.45, 7) is 0.465. The van der Waals surface area contributed by atoms with E-state index in [4.69, 9.17) is 10.8 Å². The summed E-state index contributed by atoms with van der Waals surface area (Å²) in [6.07, 6.45) is -0.0188. The molecule has 0 spiro atoms. The van der Waals surface area contributed by atoms with Crippen LogP contribution in [0.3, 0.4) is 0 Å². The van der Waals surface area contributed by atoms with Crippen molar-refractivity contribution >= 4 is 33.1 Å². The molecule has 1 atom stereocenters. The van der Waals surface area contributed by atoms with Crippen molar-refractivity contribution in [3.8, 4) is 0 Å². The van der Waals surface area contributed by atoms with Gasteiger partial charge in [0.05, 0.1) is 12.1 Å². The van der Waals surface area contributed by atoms with E-state index in [2.05, 4.69) is 11.4 Å². The Morgan fingerprint density at radius 3 is 3.00 bits per heavy atom. The van der Waals surface area contributed by atoms with Gasteiger partial charge in [0, 0.05) is 28.1 Å². The molecule has 1 heterocycles. The van der Waals surface area contributed by atoms with E-state index in [1.807, 2.05) is 23.6 Å². The van der Waals surface area contributed by atoms with Crippen molar-refractivity contribution in [1.82, 2.24) is 0 Å². The van der Waals surface area contributed by atoms with Gasteiger partial charge in [-0.05, 0) is 6.07 Å². The Morgan fingerprint density at radius 1 is 1.47 bits per heavy atom. The van der Waals surface area contributed by atoms with Crippen molar-refractivity contribution in [2.24, 2.45) is 5.73 Å². The van der Waals surface area contributed by atoms with Crippen molar-refractivity contribution in [1.29, 1.82) is 0 Å². The van der Waals surface area contributed by atoms with Gasteiger partial charge in [0.25, 0.3) is 0 Å². The number of fused-ring (bicyclic) bond motifs is 1. The predicted molar refractivity (Wildman–Crippen MR) is 70.5 cm³/mol. The van der Waals surface area contributed by atoms with E-state index < -0.39 is 5.97 Å². The van der Waals surface area contributed by atoms with Crippen LogP contribution in [0.5, 0.6) is 0 Å². The van der Waals surface area contributed by atoms with Gasteiger partial charge in [-0.2, -0.15) is 0 Å². The van der Waals surface area contributed by atoms with Crippen molar-refractivity contribution < 1.29 is 9.90 Å². The maximum Gasteiger partial charge on any atom is 0.304 e. The number of benzene rings is 1. The number of thiophene rings is 1. The van der Waals surface area contributed by atoms with Crippen molar-refractivity contribution in [3.63, 3.8) is 0 Å². The van der Waals surface area contributed by atoms with Gasteiger partial charge >= 0.3 is 5.97 Å². The van der Waals surface area contributed by atoms with Crippen molar-refractivity contribution in [2.75, 3.05) is 11.9 Å². The third-order valence-electron chi connectivity index (χ3n) is 2.47. The maximum absolute atomic E-state index is 10.5. The van der Waals surface area contributed by atoms with E-state index in [-0.39, 0.29) is 12.5 Å². The normalized spacial score (nSPS) is 12.5. The van der Waals surface area contributed by atoms with Crippen LogP contribution in [0, 0.1) is 0 Å². The topological polar surface area (TPSA) is 75.3 Å². The van der Waals surface area contributed by atoms with Gasteiger partial charge in [0.15, 0.2) is 0 Å². The quantitative estimate of drug-likeness (QED) is 0.759. The van der Waals surface area contributed by atoms with E-state index in [1.54, 1.807) is 11.3 Å². The number of hydrogen-bond donors (Lipinski definition) is 3. The highest BCUT2D eigenvalue weighted by atomic mass is 32.1. The number of nitrogens with two attached hydrogens (primary N) is 1. The number of carboxylic acids is 1. The van der Waals surface area contributed by atoms with Crippen LogP contribution >= 0.6 is 11.3 Å². The van der Waals surface area contributed by atoms with Gasteiger partial charge in [0.1, 0.15) is 0 Å². The highest BCUT2D eigenvalue weighted by Gasteiger charge is 2.09. The van der Waals surface area contributed by atoms with Gasteiger partial charge < -0.3 is 16.2 Å². The van der Waals surface area contributed by atoms with Gasteiger partial charge in [-0.25, -0.2) is 0 Å². The standard InChI is InChI=1S/C12H14N2O2S/c13-8(5-12(15)16)6-14-10-7-17-11-4-2-1-3-9(10)11/h1-4,7-8,14H,5-6,13H2,(H,15,16). The molecule has 1 aromatic carbocycles. The molecule has 0 fully saturated rings. The Hall–Kier alpha value is -1.59. The average molecular weight is 250 g/mol. The monoisotopic (exact) mass is 250 g/mol. The summed E-state index contributed by atoms with van der Waals surface area (Å²) in [4.78, 5) is 10.5. The molecule has 17 heavy (non-hydrogen) atoms. The molecule has 0 bridgehead atoms. The largest absolute Gasteiger partial charge is 0.481 e. The van der Waals surface area contributed by atoms with Gasteiger partial charge in [0.2, 0.25) is 0 Å². The number of aliphatic carboxylic acids is 1. The first kappa shape index (κ1) is 11.9. The highest BCUT2D eigenvalue weighted by Crippen LogP contribution is 2.29. The molecule has 0 saturated carbocycles. The van der Waals surface area contributed by atoms with Crippen LogP contribution in [0.2, 0.25) is 0 Å². The van der Waals surface area contributed by atoms with Crippen molar-refractivity contribution in [3.05, 3.63) is 29.6 Å². The predicted octanol–water partition coefficient (Wildman–Crippen LogP) is 2.12. The molecular formula is C12H14N2O2S. The molecule has 2 aromatic rings. The van der Waals surface area contributed by atoms with Crippen LogP contribution in [0.4, 0.5) is 5.69 Å². The summed E-state index contributed by atoms with van der Waals surface area (Å²) in [5, 5.41) is 15.0. The number of carboxylic acid groups (broad SMARTS) is 1. The molecule has 0 aliphatic rings. The first-order valence-electron chi connectivity index (χ1n) is 5.34. The Labute approximate surface area is 103 Å². The van der Waals surface area contributed by atoms with Gasteiger partial charge in [-0.3, -0.25) is 4.79 Å². The van der Waals surface area contributed by atoms with Gasteiger partial charge in [-0.15, -0.1) is 11.3 Å². The fraction of sp³-hybridized carbons (Fsp3) is 0.250. The molecule has 1 unspecified atom stereocenters. The zero-order valence-electron chi connectivity index (χ0n) is 9.22. The van der Waals surface area contributed by atoms with E-state index >= 15 is 0 Å². The molecular weight excluding hydrogens is 236 g/mol. The number of hydrogen-bond acceptors (Lipinski definition) is 4. The third-order valence-corrected chi connectivity index (χ3v) is 3.44. The molecule has 0 aliphatic carbocycles. The molecule has 4 N–H and O–H groups in total. The molecule has 5 heteroatoms. The highest BCUT2D eigenvalue weighted by molar-refractivity contribution is 7.17. The molecule has 0 radical (unpaired) electrons. The molecule has 0 saturated heterocycles. The summed E-state index contributed by atoms with van der Waals surface area (Å²) in [6, 6.07) is 7.71. The molecule has 0 amide bonds. The molecule has 90 valence electrons. The van der Waals surface area contributed by atoms with Gasteiger partial charge in [-0.1, -0.05) is 18.2 Å². The SMILES string of the molecule is NC(CNc1csc2ccccc12)CC(=O)O. The van der Waals surface area contributed by atoms with Crippen LogP contribution in [-0.4, -0.2) is 23.7 Å². The van der Waals surface area contributed by atoms with E-state index in [0.29, 0.717) is 6.54 Å².